The number of carbonyl (C=O) groups is 2. The van der Waals surface area contributed by atoms with Crippen molar-refractivity contribution in [1.29, 1.82) is 0 Å². The third-order valence-corrected chi connectivity index (χ3v) is 3.29. The van der Waals surface area contributed by atoms with Crippen LogP contribution in [-0.4, -0.2) is 50.2 Å². The van der Waals surface area contributed by atoms with Gasteiger partial charge in [0.1, 0.15) is 0 Å². The van der Waals surface area contributed by atoms with E-state index >= 15 is 0 Å². The molecule has 0 unspecified atom stereocenters. The Morgan fingerprint density at radius 3 is 1.50 bits per heavy atom. The van der Waals surface area contributed by atoms with Crippen molar-refractivity contribution in [2.45, 2.75) is 38.5 Å². The number of nitrogens with one attached hydrogen (secondary N) is 4. The molecule has 24 heavy (non-hydrogen) atoms. The highest BCUT2D eigenvalue weighted by Crippen LogP contribution is 1.95. The normalized spacial score (nSPS) is 20.3. The summed E-state index contributed by atoms with van der Waals surface area (Å²) in [7, 11) is 0. The fourth-order valence-corrected chi connectivity index (χ4v) is 2.03. The van der Waals surface area contributed by atoms with E-state index in [-0.39, 0.29) is 24.0 Å². The lowest BCUT2D eigenvalue weighted by atomic mass is 10.2. The second-order valence-electron chi connectivity index (χ2n) is 5.42. The molecule has 8 N–H and O–H groups in total. The van der Waals surface area contributed by atoms with E-state index in [4.69, 9.17) is 11.5 Å². The molecule has 136 valence electrons. The summed E-state index contributed by atoms with van der Waals surface area (Å²) in [6.07, 6.45) is 5.02. The molecule has 1 rings (SSSR count). The molecule has 0 bridgehead atoms. The number of carbonyl (C=O) groups excluding carboxylic acids is 2. The van der Waals surface area contributed by atoms with Gasteiger partial charge in [-0.15, -0.1) is 0 Å². The van der Waals surface area contributed by atoms with E-state index in [9.17, 15) is 9.59 Å². The molecule has 0 saturated carbocycles. The Morgan fingerprint density at radius 1 is 0.667 bits per heavy atom. The lowest BCUT2D eigenvalue weighted by Gasteiger charge is -2.08. The first-order valence-electron chi connectivity index (χ1n) is 8.27. The van der Waals surface area contributed by atoms with E-state index in [0.717, 1.165) is 38.5 Å². The van der Waals surface area contributed by atoms with Crippen LogP contribution in [0.1, 0.15) is 38.5 Å². The molecule has 0 radical (unpaired) electrons. The van der Waals surface area contributed by atoms with Crippen LogP contribution in [0.4, 0.5) is 9.59 Å². The molecule has 0 atom stereocenters. The van der Waals surface area contributed by atoms with Gasteiger partial charge in [0.05, 0.1) is 0 Å². The summed E-state index contributed by atoms with van der Waals surface area (Å²) in [6.45, 7) is 2.13. The first kappa shape index (κ1) is 19.5. The van der Waals surface area contributed by atoms with Gasteiger partial charge in [0, 0.05) is 26.2 Å². The Balaban J connectivity index is 2.44. The van der Waals surface area contributed by atoms with Crippen molar-refractivity contribution < 1.29 is 9.59 Å². The van der Waals surface area contributed by atoms with Crippen LogP contribution in [-0.2, 0) is 0 Å². The smallest absolute Gasteiger partial charge is 0.321 e. The van der Waals surface area contributed by atoms with Gasteiger partial charge in [-0.2, -0.15) is 0 Å². The summed E-state index contributed by atoms with van der Waals surface area (Å²) in [6, 6.07) is -0.695. The van der Waals surface area contributed by atoms with Crippen molar-refractivity contribution in [2.24, 2.45) is 21.5 Å². The van der Waals surface area contributed by atoms with Crippen molar-refractivity contribution in [1.82, 2.24) is 21.3 Å². The topological polar surface area (TPSA) is 159 Å². The van der Waals surface area contributed by atoms with E-state index in [1.807, 2.05) is 0 Å². The standard InChI is InChI=1S/C14H28N8O2/c15-11-17-7-3-1-5-9-19-13(23)22-12(16)18-8-4-2-6-10-20-14(24)21-11/h1-10H2,(H4,15,17,20,21,24)(H4,16,18,19,22,23). The molecule has 4 amide bonds. The highest BCUT2D eigenvalue weighted by atomic mass is 16.2. The molecule has 1 aliphatic rings. The van der Waals surface area contributed by atoms with Crippen LogP contribution in [0, 0.1) is 0 Å². The van der Waals surface area contributed by atoms with Gasteiger partial charge in [0.2, 0.25) is 0 Å². The van der Waals surface area contributed by atoms with E-state index in [2.05, 4.69) is 31.3 Å². The SMILES string of the molecule is NC1=NCCCCCNC(=O)NC(N)=NCCCCCNC(=O)N1. The Morgan fingerprint density at radius 2 is 1.08 bits per heavy atom. The zero-order valence-corrected chi connectivity index (χ0v) is 13.9. The maximum atomic E-state index is 11.6. The number of urea groups is 2. The third kappa shape index (κ3) is 10.2. The molecule has 0 aromatic rings. The van der Waals surface area contributed by atoms with Crippen LogP contribution in [0.15, 0.2) is 9.98 Å². The summed E-state index contributed by atoms with van der Waals surface area (Å²) in [5.41, 5.74) is 11.3. The molecule has 0 spiro atoms. The molecule has 0 aromatic carbocycles. The number of rotatable bonds is 0. The number of hydrogen-bond donors (Lipinski definition) is 6. The lowest BCUT2D eigenvalue weighted by Crippen LogP contribution is -2.44. The van der Waals surface area contributed by atoms with Crippen LogP contribution in [0.3, 0.4) is 0 Å². The van der Waals surface area contributed by atoms with Gasteiger partial charge in [-0.3, -0.25) is 20.6 Å². The van der Waals surface area contributed by atoms with E-state index < -0.39 is 0 Å². The number of nitrogens with zero attached hydrogens (tertiary/aromatic N) is 2. The zero-order valence-electron chi connectivity index (χ0n) is 13.9. The van der Waals surface area contributed by atoms with Crippen molar-refractivity contribution >= 4 is 24.0 Å². The quantitative estimate of drug-likeness (QED) is 0.353. The molecule has 1 heterocycles. The highest BCUT2D eigenvalue weighted by molar-refractivity contribution is 5.95. The van der Waals surface area contributed by atoms with Gasteiger partial charge in [-0.25, -0.2) is 9.59 Å². The van der Waals surface area contributed by atoms with Crippen LogP contribution < -0.4 is 32.7 Å². The maximum Gasteiger partial charge on any atom is 0.321 e. The summed E-state index contributed by atoms with van der Waals surface area (Å²) in [4.78, 5) is 31.3. The van der Waals surface area contributed by atoms with Crippen LogP contribution in [0.5, 0.6) is 0 Å². The summed E-state index contributed by atoms with van der Waals surface area (Å²) in [5, 5.41) is 10.4. The number of amides is 4. The average Bonchev–Trinajstić information content (AvgIpc) is 2.52. The number of nitrogens with two attached hydrogens (primary N) is 2. The average molecular weight is 340 g/mol. The van der Waals surface area contributed by atoms with Crippen molar-refractivity contribution in [3.8, 4) is 0 Å². The van der Waals surface area contributed by atoms with Crippen molar-refractivity contribution in [3.05, 3.63) is 0 Å². The largest absolute Gasteiger partial charge is 0.370 e. The summed E-state index contributed by atoms with van der Waals surface area (Å²) < 4.78 is 0. The number of guanidine groups is 2. The van der Waals surface area contributed by atoms with Gasteiger partial charge in [0.15, 0.2) is 11.9 Å². The minimum atomic E-state index is -0.347. The van der Waals surface area contributed by atoms with Gasteiger partial charge in [-0.05, 0) is 38.5 Å². The molecular formula is C14H28N8O2. The minimum absolute atomic E-state index is 0.115. The van der Waals surface area contributed by atoms with Crippen molar-refractivity contribution in [3.63, 3.8) is 0 Å². The molecule has 1 aliphatic heterocycles. The zero-order chi connectivity index (χ0) is 17.6. The second kappa shape index (κ2) is 12.0. The summed E-state index contributed by atoms with van der Waals surface area (Å²) >= 11 is 0. The van der Waals surface area contributed by atoms with Crippen LogP contribution in [0.2, 0.25) is 0 Å². The predicted octanol–water partition coefficient (Wildman–Crippen LogP) is -0.432. The Hall–Kier alpha value is -2.52. The first-order valence-corrected chi connectivity index (χ1v) is 8.27. The van der Waals surface area contributed by atoms with Crippen molar-refractivity contribution in [2.75, 3.05) is 26.2 Å². The molecule has 10 nitrogen and oxygen atoms in total. The van der Waals surface area contributed by atoms with Gasteiger partial charge in [0.25, 0.3) is 0 Å². The molecule has 0 fully saturated rings. The molecule has 10 heteroatoms. The summed E-state index contributed by atoms with van der Waals surface area (Å²) in [5.74, 6) is 0.230. The van der Waals surface area contributed by atoms with Gasteiger partial charge < -0.3 is 22.1 Å². The van der Waals surface area contributed by atoms with Crippen LogP contribution >= 0.6 is 0 Å². The number of aliphatic imine (C=N–C) groups is 2. The first-order chi connectivity index (χ1) is 11.6. The molecule has 0 saturated heterocycles. The molecule has 0 aromatic heterocycles. The second-order valence-corrected chi connectivity index (χ2v) is 5.42. The molecule has 0 aliphatic carbocycles. The monoisotopic (exact) mass is 340 g/mol. The highest BCUT2D eigenvalue weighted by Gasteiger charge is 2.03. The van der Waals surface area contributed by atoms with E-state index in [0.29, 0.717) is 26.2 Å². The Bertz CT molecular complexity index is 422. The fourth-order valence-electron chi connectivity index (χ4n) is 2.03. The Kier molecular flexibility index (Phi) is 9.74. The fraction of sp³-hybridized carbons (Fsp3) is 0.714. The van der Waals surface area contributed by atoms with Gasteiger partial charge in [-0.1, -0.05) is 0 Å². The van der Waals surface area contributed by atoms with Gasteiger partial charge >= 0.3 is 12.1 Å². The lowest BCUT2D eigenvalue weighted by molar-refractivity contribution is 0.244. The Labute approximate surface area is 141 Å². The molecular weight excluding hydrogens is 312 g/mol. The number of hydrogen-bond acceptors (Lipinski definition) is 6. The third-order valence-electron chi connectivity index (χ3n) is 3.29. The maximum absolute atomic E-state index is 11.6. The minimum Gasteiger partial charge on any atom is -0.370 e. The predicted molar refractivity (Wildman–Crippen MR) is 93.7 cm³/mol. The van der Waals surface area contributed by atoms with Crippen LogP contribution in [0.25, 0.3) is 0 Å². The van der Waals surface area contributed by atoms with E-state index in [1.54, 1.807) is 0 Å². The van der Waals surface area contributed by atoms with E-state index in [1.165, 1.54) is 0 Å².